The molecule has 6 nitrogen and oxygen atoms in total. The lowest BCUT2D eigenvalue weighted by atomic mass is 10.1. The Balaban J connectivity index is 1.57. The molecule has 0 radical (unpaired) electrons. The van der Waals surface area contributed by atoms with E-state index in [0.29, 0.717) is 16.9 Å². The number of nitrogens with one attached hydrogen (secondary N) is 2. The molecule has 3 rings (SSSR count). The molecular weight excluding hydrogens is 314 g/mol. The van der Waals surface area contributed by atoms with E-state index in [1.165, 1.54) is 12.5 Å². The van der Waals surface area contributed by atoms with Gasteiger partial charge in [0.1, 0.15) is 0 Å². The summed E-state index contributed by atoms with van der Waals surface area (Å²) in [4.78, 5) is 18.4. The van der Waals surface area contributed by atoms with E-state index >= 15 is 0 Å². The maximum absolute atomic E-state index is 11.9. The Labute approximate surface area is 139 Å². The fourth-order valence-electron chi connectivity index (χ4n) is 2.45. The number of carbonyl (C=O) groups is 1. The van der Waals surface area contributed by atoms with Crippen molar-refractivity contribution in [2.24, 2.45) is 0 Å². The van der Waals surface area contributed by atoms with Crippen LogP contribution in [0.4, 0.5) is 11.9 Å². The second-order valence-corrected chi connectivity index (χ2v) is 5.84. The van der Waals surface area contributed by atoms with E-state index in [4.69, 9.17) is 11.6 Å². The predicted octanol–water partition coefficient (Wildman–Crippen LogP) is 3.10. The third kappa shape index (κ3) is 4.32. The van der Waals surface area contributed by atoms with Crippen LogP contribution in [0.15, 0.2) is 30.3 Å². The Kier molecular flexibility index (Phi) is 4.92. The van der Waals surface area contributed by atoms with Gasteiger partial charge in [-0.15, -0.1) is 5.10 Å². The molecule has 0 bridgehead atoms. The second-order valence-electron chi connectivity index (χ2n) is 5.41. The highest BCUT2D eigenvalue weighted by Crippen LogP contribution is 2.16. The highest BCUT2D eigenvalue weighted by Gasteiger charge is 2.15. The molecule has 1 aromatic carbocycles. The highest BCUT2D eigenvalue weighted by molar-refractivity contribution is 6.30. The van der Waals surface area contributed by atoms with Gasteiger partial charge >= 0.3 is 0 Å². The first-order chi connectivity index (χ1) is 11.2. The van der Waals surface area contributed by atoms with Crippen molar-refractivity contribution in [2.75, 3.05) is 23.3 Å². The number of nitrogens with zero attached hydrogens (tertiary/aromatic N) is 3. The monoisotopic (exact) mass is 331 g/mol. The molecule has 1 fully saturated rings. The van der Waals surface area contributed by atoms with Crippen molar-refractivity contribution in [1.82, 2.24) is 15.2 Å². The molecule has 23 heavy (non-hydrogen) atoms. The fourth-order valence-corrected chi connectivity index (χ4v) is 2.57. The number of carbonyl (C=O) groups excluding carboxylic acids is 1. The number of H-pyrrole nitrogens is 1. The minimum atomic E-state index is -0.263. The fraction of sp³-hybridized carbons (Fsp3) is 0.312. The molecule has 2 aromatic rings. The van der Waals surface area contributed by atoms with Crippen molar-refractivity contribution in [1.29, 1.82) is 0 Å². The summed E-state index contributed by atoms with van der Waals surface area (Å²) in [7, 11) is 0. The van der Waals surface area contributed by atoms with Crippen molar-refractivity contribution in [3.63, 3.8) is 0 Å². The zero-order valence-electron chi connectivity index (χ0n) is 12.6. The summed E-state index contributed by atoms with van der Waals surface area (Å²) in [6.45, 7) is 1.92. The number of piperidine rings is 1. The van der Waals surface area contributed by atoms with Crippen LogP contribution in [0, 0.1) is 0 Å². The molecule has 1 aliphatic heterocycles. The Morgan fingerprint density at radius 3 is 2.70 bits per heavy atom. The van der Waals surface area contributed by atoms with Crippen molar-refractivity contribution in [3.8, 4) is 0 Å². The Morgan fingerprint density at radius 1 is 1.22 bits per heavy atom. The van der Waals surface area contributed by atoms with Crippen LogP contribution in [0.2, 0.25) is 5.02 Å². The Bertz CT molecular complexity index is 689. The molecule has 0 unspecified atom stereocenters. The lowest BCUT2D eigenvalue weighted by Gasteiger charge is -2.24. The lowest BCUT2D eigenvalue weighted by Crippen LogP contribution is -2.30. The molecule has 1 saturated heterocycles. The summed E-state index contributed by atoms with van der Waals surface area (Å²) in [6.07, 6.45) is 6.72. The highest BCUT2D eigenvalue weighted by atomic mass is 35.5. The average molecular weight is 332 g/mol. The van der Waals surface area contributed by atoms with Crippen LogP contribution in [0.5, 0.6) is 0 Å². The molecule has 120 valence electrons. The normalized spacial score (nSPS) is 15.1. The largest absolute Gasteiger partial charge is 0.340 e. The predicted molar refractivity (Wildman–Crippen MR) is 91.6 cm³/mol. The van der Waals surface area contributed by atoms with Crippen LogP contribution in [-0.2, 0) is 4.79 Å². The van der Waals surface area contributed by atoms with Gasteiger partial charge in [0, 0.05) is 24.2 Å². The van der Waals surface area contributed by atoms with E-state index in [1.807, 2.05) is 12.1 Å². The van der Waals surface area contributed by atoms with Crippen LogP contribution in [0.1, 0.15) is 24.8 Å². The average Bonchev–Trinajstić information content (AvgIpc) is 3.04. The van der Waals surface area contributed by atoms with Gasteiger partial charge in [0.25, 0.3) is 5.91 Å². The minimum Gasteiger partial charge on any atom is -0.340 e. The number of halogens is 1. The number of amides is 1. The zero-order chi connectivity index (χ0) is 16.1. The molecule has 2 N–H and O–H groups in total. The van der Waals surface area contributed by atoms with Gasteiger partial charge in [-0.25, -0.2) is 5.10 Å². The molecule has 1 amide bonds. The second kappa shape index (κ2) is 7.28. The van der Waals surface area contributed by atoms with E-state index in [9.17, 15) is 4.79 Å². The number of benzene rings is 1. The van der Waals surface area contributed by atoms with E-state index in [-0.39, 0.29) is 5.91 Å². The first-order valence-corrected chi connectivity index (χ1v) is 8.00. The van der Waals surface area contributed by atoms with Crippen molar-refractivity contribution >= 4 is 35.5 Å². The van der Waals surface area contributed by atoms with Gasteiger partial charge in [-0.05, 0) is 43.0 Å². The molecule has 0 spiro atoms. The lowest BCUT2D eigenvalue weighted by molar-refractivity contribution is -0.111. The summed E-state index contributed by atoms with van der Waals surface area (Å²) in [5.74, 6) is 0.735. The number of rotatable bonds is 4. The molecule has 1 aromatic heterocycles. The van der Waals surface area contributed by atoms with Gasteiger partial charge in [-0.1, -0.05) is 23.7 Å². The molecule has 0 saturated carbocycles. The number of anilines is 2. The van der Waals surface area contributed by atoms with Crippen LogP contribution >= 0.6 is 11.6 Å². The summed E-state index contributed by atoms with van der Waals surface area (Å²) >= 11 is 5.82. The van der Waals surface area contributed by atoms with Crippen molar-refractivity contribution in [3.05, 3.63) is 40.9 Å². The van der Waals surface area contributed by atoms with Crippen LogP contribution < -0.4 is 10.2 Å². The number of aromatic nitrogens is 3. The van der Waals surface area contributed by atoms with E-state index in [0.717, 1.165) is 31.5 Å². The summed E-state index contributed by atoms with van der Waals surface area (Å²) in [6, 6.07) is 7.24. The van der Waals surface area contributed by atoms with Crippen LogP contribution in [-0.4, -0.2) is 34.2 Å². The number of hydrogen-bond acceptors (Lipinski definition) is 4. The molecular formula is C16H18ClN5O. The topological polar surface area (TPSA) is 73.9 Å². The summed E-state index contributed by atoms with van der Waals surface area (Å²) in [5.41, 5.74) is 0.899. The molecule has 0 atom stereocenters. The summed E-state index contributed by atoms with van der Waals surface area (Å²) in [5, 5.41) is 10.3. The molecule has 7 heteroatoms. The first-order valence-electron chi connectivity index (χ1n) is 7.63. The van der Waals surface area contributed by atoms with Gasteiger partial charge in [0.2, 0.25) is 11.9 Å². The van der Waals surface area contributed by atoms with Crippen molar-refractivity contribution < 1.29 is 4.79 Å². The maximum atomic E-state index is 11.9. The van der Waals surface area contributed by atoms with E-state index in [2.05, 4.69) is 25.4 Å². The quantitative estimate of drug-likeness (QED) is 0.844. The third-order valence-electron chi connectivity index (χ3n) is 3.65. The van der Waals surface area contributed by atoms with Crippen LogP contribution in [0.25, 0.3) is 6.08 Å². The van der Waals surface area contributed by atoms with Crippen LogP contribution in [0.3, 0.4) is 0 Å². The standard InChI is InChI=1S/C16H18ClN5O/c17-13-7-4-12(5-8-13)6-9-14(23)18-15-19-16(21-20-15)22-10-2-1-3-11-22/h4-9H,1-3,10-11H2,(H2,18,19,20,21,23)/b9-6+. The number of aromatic amines is 1. The maximum Gasteiger partial charge on any atom is 0.250 e. The van der Waals surface area contributed by atoms with Gasteiger partial charge in [-0.3, -0.25) is 10.1 Å². The SMILES string of the molecule is O=C(/C=C/c1ccc(Cl)cc1)Nc1nc(N2CCCCC2)n[nH]1. The van der Waals surface area contributed by atoms with E-state index < -0.39 is 0 Å². The molecule has 0 aliphatic carbocycles. The molecule has 1 aliphatic rings. The van der Waals surface area contributed by atoms with Crippen molar-refractivity contribution in [2.45, 2.75) is 19.3 Å². The molecule has 2 heterocycles. The first kappa shape index (κ1) is 15.6. The summed E-state index contributed by atoms with van der Waals surface area (Å²) < 4.78 is 0. The smallest absolute Gasteiger partial charge is 0.250 e. The minimum absolute atomic E-state index is 0.263. The third-order valence-corrected chi connectivity index (χ3v) is 3.90. The Morgan fingerprint density at radius 2 is 1.96 bits per heavy atom. The zero-order valence-corrected chi connectivity index (χ0v) is 13.4. The van der Waals surface area contributed by atoms with Gasteiger partial charge in [-0.2, -0.15) is 4.98 Å². The van der Waals surface area contributed by atoms with Gasteiger partial charge in [0.05, 0.1) is 0 Å². The van der Waals surface area contributed by atoms with Gasteiger partial charge < -0.3 is 4.90 Å². The Hall–Kier alpha value is -2.34. The van der Waals surface area contributed by atoms with Gasteiger partial charge in [0.15, 0.2) is 0 Å². The number of hydrogen-bond donors (Lipinski definition) is 2. The van der Waals surface area contributed by atoms with E-state index in [1.54, 1.807) is 18.2 Å².